The Balaban J connectivity index is 1.95. The first-order valence-electron chi connectivity index (χ1n) is 11.3. The van der Waals surface area contributed by atoms with E-state index in [-0.39, 0.29) is 5.91 Å². The van der Waals surface area contributed by atoms with Crippen LogP contribution in [0.15, 0.2) is 65.9 Å². The van der Waals surface area contributed by atoms with Gasteiger partial charge in [-0.1, -0.05) is 42.7 Å². The van der Waals surface area contributed by atoms with E-state index in [1.54, 1.807) is 0 Å². The second-order valence-corrected chi connectivity index (χ2v) is 8.16. The van der Waals surface area contributed by atoms with Gasteiger partial charge >= 0.3 is 0 Å². The van der Waals surface area contributed by atoms with Crippen molar-refractivity contribution in [1.29, 1.82) is 0 Å². The van der Waals surface area contributed by atoms with Crippen molar-refractivity contribution in [2.45, 2.75) is 46.5 Å². The molecule has 0 aliphatic heterocycles. The molecule has 5 nitrogen and oxygen atoms in total. The minimum Gasteiger partial charge on any atom is -0.494 e. The molecule has 5 heteroatoms. The summed E-state index contributed by atoms with van der Waals surface area (Å²) < 4.78 is 5.47. The van der Waals surface area contributed by atoms with Crippen LogP contribution >= 0.6 is 0 Å². The summed E-state index contributed by atoms with van der Waals surface area (Å²) in [5, 5.41) is 5.87. The van der Waals surface area contributed by atoms with E-state index in [4.69, 9.17) is 4.74 Å². The van der Waals surface area contributed by atoms with Gasteiger partial charge in [-0.3, -0.25) is 9.59 Å². The van der Waals surface area contributed by atoms with E-state index in [2.05, 4.69) is 10.6 Å². The first kappa shape index (κ1) is 23.3. The summed E-state index contributed by atoms with van der Waals surface area (Å²) in [6.07, 6.45) is 7.11. The summed E-state index contributed by atoms with van der Waals surface area (Å²) in [5.41, 5.74) is 5.07. The van der Waals surface area contributed by atoms with Crippen molar-refractivity contribution < 1.29 is 14.3 Å². The first-order chi connectivity index (χ1) is 15.5. The Bertz CT molecular complexity index is 983. The predicted molar refractivity (Wildman–Crippen MR) is 129 cm³/mol. The van der Waals surface area contributed by atoms with E-state index in [0.29, 0.717) is 23.8 Å². The van der Waals surface area contributed by atoms with Crippen LogP contribution < -0.4 is 15.4 Å². The summed E-state index contributed by atoms with van der Waals surface area (Å²) in [7, 11) is 0. The van der Waals surface area contributed by atoms with Crippen LogP contribution in [0.2, 0.25) is 0 Å². The number of carbonyl (C=O) groups is 2. The van der Waals surface area contributed by atoms with E-state index >= 15 is 0 Å². The molecule has 0 aromatic heterocycles. The summed E-state index contributed by atoms with van der Waals surface area (Å²) >= 11 is 0. The molecule has 1 saturated carbocycles. The minimum absolute atomic E-state index is 0.183. The maximum absolute atomic E-state index is 13.1. The second-order valence-electron chi connectivity index (χ2n) is 8.16. The Labute approximate surface area is 190 Å². The van der Waals surface area contributed by atoms with Gasteiger partial charge in [0.25, 0.3) is 5.91 Å². The molecule has 1 fully saturated rings. The molecule has 0 unspecified atom stereocenters. The lowest BCUT2D eigenvalue weighted by molar-refractivity contribution is -0.112. The molecule has 32 heavy (non-hydrogen) atoms. The van der Waals surface area contributed by atoms with Crippen molar-refractivity contribution in [2.24, 2.45) is 5.92 Å². The van der Waals surface area contributed by atoms with Crippen molar-refractivity contribution in [2.75, 3.05) is 11.9 Å². The molecule has 2 aromatic carbocycles. The smallest absolute Gasteiger partial charge is 0.251 e. The zero-order chi connectivity index (χ0) is 22.9. The van der Waals surface area contributed by atoms with Gasteiger partial charge in [-0.15, -0.1) is 0 Å². The standard InChI is InChI=1S/C27H32N2O3/c1-4-32-24-15-13-23(14-16-24)29-27(31)20(3)25(21-11-9-19(2)10-12-21)17-26(28-18-30)22-7-5-6-8-22/h9-18,22H,4-8H2,1-3H3,(H,28,30)(H,29,31)/b25-20-,26-17-. The Kier molecular flexibility index (Phi) is 8.26. The Hall–Kier alpha value is -3.34. The van der Waals surface area contributed by atoms with E-state index < -0.39 is 0 Å². The predicted octanol–water partition coefficient (Wildman–Crippen LogP) is 5.63. The number of hydrogen-bond acceptors (Lipinski definition) is 3. The van der Waals surface area contributed by atoms with Crippen LogP contribution in [0.25, 0.3) is 5.57 Å². The molecule has 0 spiro atoms. The number of nitrogens with one attached hydrogen (secondary N) is 2. The average Bonchev–Trinajstić information content (AvgIpc) is 3.33. The lowest BCUT2D eigenvalue weighted by atomic mass is 9.94. The van der Waals surface area contributed by atoms with Gasteiger partial charge < -0.3 is 15.4 Å². The quantitative estimate of drug-likeness (QED) is 0.307. The molecule has 0 atom stereocenters. The average molecular weight is 433 g/mol. The lowest BCUT2D eigenvalue weighted by Gasteiger charge is -2.17. The molecular weight excluding hydrogens is 400 g/mol. The number of benzene rings is 2. The third-order valence-corrected chi connectivity index (χ3v) is 5.85. The van der Waals surface area contributed by atoms with Gasteiger partial charge in [0.15, 0.2) is 0 Å². The highest BCUT2D eigenvalue weighted by molar-refractivity contribution is 6.09. The van der Waals surface area contributed by atoms with E-state index in [1.807, 2.05) is 75.4 Å². The zero-order valence-corrected chi connectivity index (χ0v) is 19.1. The summed E-state index contributed by atoms with van der Waals surface area (Å²) in [4.78, 5) is 24.4. The van der Waals surface area contributed by atoms with Crippen LogP contribution in [0.5, 0.6) is 5.75 Å². The van der Waals surface area contributed by atoms with E-state index in [0.717, 1.165) is 60.2 Å². The molecule has 168 valence electrons. The van der Waals surface area contributed by atoms with Gasteiger partial charge in [0.1, 0.15) is 5.75 Å². The Morgan fingerprint density at radius 3 is 2.31 bits per heavy atom. The highest BCUT2D eigenvalue weighted by Gasteiger charge is 2.21. The fourth-order valence-corrected chi connectivity index (χ4v) is 4.03. The van der Waals surface area contributed by atoms with Gasteiger partial charge in [0, 0.05) is 17.0 Å². The molecular formula is C27H32N2O3. The lowest BCUT2D eigenvalue weighted by Crippen LogP contribution is -2.18. The zero-order valence-electron chi connectivity index (χ0n) is 19.1. The number of hydrogen-bond donors (Lipinski definition) is 2. The Morgan fingerprint density at radius 2 is 1.72 bits per heavy atom. The topological polar surface area (TPSA) is 67.4 Å². The monoisotopic (exact) mass is 432 g/mol. The number of rotatable bonds is 9. The molecule has 3 rings (SSSR count). The van der Waals surface area contributed by atoms with Crippen molar-refractivity contribution >= 4 is 23.6 Å². The van der Waals surface area contributed by atoms with Gasteiger partial charge in [-0.2, -0.15) is 0 Å². The third-order valence-electron chi connectivity index (χ3n) is 5.85. The summed E-state index contributed by atoms with van der Waals surface area (Å²) in [6.45, 7) is 6.39. The molecule has 0 heterocycles. The molecule has 2 aromatic rings. The van der Waals surface area contributed by atoms with E-state index in [1.165, 1.54) is 0 Å². The maximum Gasteiger partial charge on any atom is 0.251 e. The van der Waals surface area contributed by atoms with Gasteiger partial charge in [-0.25, -0.2) is 0 Å². The van der Waals surface area contributed by atoms with Gasteiger partial charge in [-0.05, 0) is 81.0 Å². The molecule has 1 aliphatic rings. The van der Waals surface area contributed by atoms with Crippen LogP contribution in [0, 0.1) is 12.8 Å². The van der Waals surface area contributed by atoms with Crippen LogP contribution in [-0.2, 0) is 9.59 Å². The fourth-order valence-electron chi connectivity index (χ4n) is 4.03. The van der Waals surface area contributed by atoms with Gasteiger partial charge in [0.05, 0.1) is 6.61 Å². The number of aryl methyl sites for hydroxylation is 1. The number of carbonyl (C=O) groups excluding carboxylic acids is 2. The number of amides is 2. The molecule has 0 bridgehead atoms. The maximum atomic E-state index is 13.1. The largest absolute Gasteiger partial charge is 0.494 e. The second kappa shape index (κ2) is 11.3. The van der Waals surface area contributed by atoms with Crippen molar-refractivity contribution in [1.82, 2.24) is 5.32 Å². The van der Waals surface area contributed by atoms with Crippen molar-refractivity contribution in [3.63, 3.8) is 0 Å². The first-order valence-corrected chi connectivity index (χ1v) is 11.3. The normalized spacial score (nSPS) is 15.2. The number of ether oxygens (including phenoxy) is 1. The van der Waals surface area contributed by atoms with Crippen molar-refractivity contribution in [3.8, 4) is 5.75 Å². The van der Waals surface area contributed by atoms with Crippen LogP contribution in [0.4, 0.5) is 5.69 Å². The molecule has 2 amide bonds. The number of anilines is 1. The van der Waals surface area contributed by atoms with Gasteiger partial charge in [0.2, 0.25) is 6.41 Å². The third kappa shape index (κ3) is 6.10. The molecule has 1 aliphatic carbocycles. The number of allylic oxidation sites excluding steroid dienone is 3. The van der Waals surface area contributed by atoms with Crippen LogP contribution in [0.3, 0.4) is 0 Å². The summed E-state index contributed by atoms with van der Waals surface area (Å²) in [5.74, 6) is 0.891. The molecule has 0 radical (unpaired) electrons. The molecule has 0 saturated heterocycles. The summed E-state index contributed by atoms with van der Waals surface area (Å²) in [6, 6.07) is 15.4. The minimum atomic E-state index is -0.183. The van der Waals surface area contributed by atoms with Crippen molar-refractivity contribution in [3.05, 3.63) is 77.0 Å². The highest BCUT2D eigenvalue weighted by Crippen LogP contribution is 2.32. The van der Waals surface area contributed by atoms with Crippen LogP contribution in [0.1, 0.15) is 50.7 Å². The Morgan fingerprint density at radius 1 is 1.06 bits per heavy atom. The van der Waals surface area contributed by atoms with E-state index in [9.17, 15) is 9.59 Å². The molecule has 2 N–H and O–H groups in total. The highest BCUT2D eigenvalue weighted by atomic mass is 16.5. The fraction of sp³-hybridized carbons (Fsp3) is 0.333. The van der Waals surface area contributed by atoms with Crippen LogP contribution in [-0.4, -0.2) is 18.9 Å². The SMILES string of the molecule is CCOc1ccc(NC(=O)/C(C)=C(/C=C(\NC=O)C2CCCC2)c2ccc(C)cc2)cc1.